The Morgan fingerprint density at radius 1 is 1.09 bits per heavy atom. The summed E-state index contributed by atoms with van der Waals surface area (Å²) in [6, 6.07) is 7.09. The number of ether oxygens (including phenoxy) is 1. The Morgan fingerprint density at radius 2 is 1.82 bits per heavy atom. The van der Waals surface area contributed by atoms with Crippen LogP contribution in [0.3, 0.4) is 0 Å². The number of halogens is 4. The van der Waals surface area contributed by atoms with Gasteiger partial charge in [0, 0.05) is 28.3 Å². The Morgan fingerprint density at radius 3 is 2.48 bits per heavy atom. The van der Waals surface area contributed by atoms with Gasteiger partial charge in [-0.2, -0.15) is 0 Å². The standard InChI is InChI=1S/C21H17BrCl3N3O4S/c1-3-27-21(29)14-6-18(15(22)7-19(14)32-13-5-12(23)9-26-10-13)28-33(30,31)20-4-11(2)16(24)8-17(20)25/h4-10,28H,3H2,1-2H3,(H,27,29). The smallest absolute Gasteiger partial charge is 0.263 e. The summed E-state index contributed by atoms with van der Waals surface area (Å²) in [5, 5.41) is 3.33. The summed E-state index contributed by atoms with van der Waals surface area (Å²) in [6.45, 7) is 3.78. The van der Waals surface area contributed by atoms with Crippen LogP contribution in [0.1, 0.15) is 22.8 Å². The fraction of sp³-hybridized carbons (Fsp3) is 0.143. The van der Waals surface area contributed by atoms with Crippen molar-refractivity contribution in [1.29, 1.82) is 0 Å². The van der Waals surface area contributed by atoms with Gasteiger partial charge < -0.3 is 10.1 Å². The predicted molar refractivity (Wildman–Crippen MR) is 133 cm³/mol. The average Bonchev–Trinajstić information content (AvgIpc) is 2.72. The van der Waals surface area contributed by atoms with Gasteiger partial charge in [-0.05, 0) is 59.6 Å². The number of hydrogen-bond acceptors (Lipinski definition) is 5. The Balaban J connectivity index is 2.05. The number of nitrogens with zero attached hydrogens (tertiary/aromatic N) is 1. The van der Waals surface area contributed by atoms with Crippen LogP contribution in [-0.2, 0) is 10.0 Å². The van der Waals surface area contributed by atoms with Crippen LogP contribution in [0.5, 0.6) is 11.5 Å². The number of aryl methyl sites for hydroxylation is 1. The highest BCUT2D eigenvalue weighted by Gasteiger charge is 2.23. The molecule has 174 valence electrons. The summed E-state index contributed by atoms with van der Waals surface area (Å²) in [6.07, 6.45) is 2.87. The first-order chi connectivity index (χ1) is 15.5. The van der Waals surface area contributed by atoms with Crippen molar-refractivity contribution < 1.29 is 17.9 Å². The van der Waals surface area contributed by atoms with Crippen molar-refractivity contribution in [3.8, 4) is 11.5 Å². The van der Waals surface area contributed by atoms with Crippen molar-refractivity contribution in [3.05, 3.63) is 73.4 Å². The fourth-order valence-corrected chi connectivity index (χ4v) is 5.38. The molecule has 3 rings (SSSR count). The SMILES string of the molecule is CCNC(=O)c1cc(NS(=O)(=O)c2cc(C)c(Cl)cc2Cl)c(Br)cc1Oc1cncc(Cl)c1. The van der Waals surface area contributed by atoms with Gasteiger partial charge in [0.15, 0.2) is 0 Å². The van der Waals surface area contributed by atoms with Crippen LogP contribution in [0, 0.1) is 6.92 Å². The second-order valence-corrected chi connectivity index (χ2v) is 10.5. The molecular weight excluding hydrogens is 577 g/mol. The molecule has 0 saturated heterocycles. The van der Waals surface area contributed by atoms with Gasteiger partial charge in [0.05, 0.1) is 27.5 Å². The molecule has 0 saturated carbocycles. The van der Waals surface area contributed by atoms with Crippen molar-refractivity contribution >= 4 is 72.4 Å². The van der Waals surface area contributed by atoms with Gasteiger partial charge in [-0.25, -0.2) is 8.42 Å². The molecule has 1 heterocycles. The topological polar surface area (TPSA) is 97.4 Å². The van der Waals surface area contributed by atoms with Crippen molar-refractivity contribution in [2.24, 2.45) is 0 Å². The lowest BCUT2D eigenvalue weighted by molar-refractivity contribution is 0.0953. The largest absolute Gasteiger partial charge is 0.455 e. The molecule has 3 aromatic rings. The third kappa shape index (κ3) is 6.10. The zero-order valence-electron chi connectivity index (χ0n) is 17.2. The first kappa shape index (κ1) is 25.6. The second-order valence-electron chi connectivity index (χ2n) is 6.77. The predicted octanol–water partition coefficient (Wildman–Crippen LogP) is 6.46. The van der Waals surface area contributed by atoms with Crippen LogP contribution in [0.4, 0.5) is 5.69 Å². The molecule has 0 atom stereocenters. The number of anilines is 1. The number of sulfonamides is 1. The van der Waals surface area contributed by atoms with Crippen LogP contribution in [0.2, 0.25) is 15.1 Å². The molecule has 0 bridgehead atoms. The van der Waals surface area contributed by atoms with E-state index in [0.717, 1.165) is 0 Å². The van der Waals surface area contributed by atoms with Crippen molar-refractivity contribution in [2.45, 2.75) is 18.7 Å². The molecule has 0 aliphatic heterocycles. The highest BCUT2D eigenvalue weighted by molar-refractivity contribution is 9.10. The third-order valence-corrected chi connectivity index (χ3v) is 7.41. The normalized spacial score (nSPS) is 11.2. The molecule has 0 unspecified atom stereocenters. The molecule has 33 heavy (non-hydrogen) atoms. The van der Waals surface area contributed by atoms with E-state index in [1.807, 2.05) is 0 Å². The third-order valence-electron chi connectivity index (χ3n) is 4.31. The zero-order valence-corrected chi connectivity index (χ0v) is 21.9. The summed E-state index contributed by atoms with van der Waals surface area (Å²) < 4.78 is 34.7. The van der Waals surface area contributed by atoms with E-state index >= 15 is 0 Å². The van der Waals surface area contributed by atoms with Crippen LogP contribution < -0.4 is 14.8 Å². The fourth-order valence-electron chi connectivity index (χ4n) is 2.76. The molecular formula is C21H17BrCl3N3O4S. The highest BCUT2D eigenvalue weighted by Crippen LogP contribution is 2.36. The maximum atomic E-state index is 13.0. The van der Waals surface area contributed by atoms with Crippen LogP contribution in [0.25, 0.3) is 0 Å². The van der Waals surface area contributed by atoms with Gasteiger partial charge in [-0.3, -0.25) is 14.5 Å². The van der Waals surface area contributed by atoms with E-state index in [-0.39, 0.29) is 26.9 Å². The molecule has 12 heteroatoms. The molecule has 0 aliphatic rings. The van der Waals surface area contributed by atoms with Gasteiger partial charge >= 0.3 is 0 Å². The van der Waals surface area contributed by atoms with Gasteiger partial charge in [-0.15, -0.1) is 0 Å². The van der Waals surface area contributed by atoms with Gasteiger partial charge in [0.2, 0.25) is 0 Å². The van der Waals surface area contributed by atoms with E-state index < -0.39 is 15.9 Å². The van der Waals surface area contributed by atoms with Crippen LogP contribution in [0.15, 0.2) is 52.1 Å². The van der Waals surface area contributed by atoms with Crippen molar-refractivity contribution in [2.75, 3.05) is 11.3 Å². The lowest BCUT2D eigenvalue weighted by Gasteiger charge is -2.16. The molecule has 1 amide bonds. The number of nitrogens with one attached hydrogen (secondary N) is 2. The monoisotopic (exact) mass is 591 g/mol. The Hall–Kier alpha value is -2.04. The minimum atomic E-state index is -4.11. The van der Waals surface area contributed by atoms with E-state index in [2.05, 4.69) is 31.0 Å². The Bertz CT molecular complexity index is 1340. The molecule has 0 spiro atoms. The first-order valence-corrected chi connectivity index (χ1v) is 12.8. The number of hydrogen-bond donors (Lipinski definition) is 2. The van der Waals surface area contributed by atoms with Gasteiger partial charge in [0.1, 0.15) is 16.4 Å². The lowest BCUT2D eigenvalue weighted by atomic mass is 10.1. The number of rotatable bonds is 7. The van der Waals surface area contributed by atoms with E-state index in [1.54, 1.807) is 13.8 Å². The highest BCUT2D eigenvalue weighted by atomic mass is 79.9. The average molecular weight is 594 g/mol. The maximum Gasteiger partial charge on any atom is 0.263 e. The van der Waals surface area contributed by atoms with Crippen LogP contribution in [-0.4, -0.2) is 25.9 Å². The van der Waals surface area contributed by atoms with E-state index in [9.17, 15) is 13.2 Å². The summed E-state index contributed by atoms with van der Waals surface area (Å²) in [5.74, 6) is 0.00714. The van der Waals surface area contributed by atoms with Crippen molar-refractivity contribution in [3.63, 3.8) is 0 Å². The Kier molecular flexibility index (Phi) is 8.13. The summed E-state index contributed by atoms with van der Waals surface area (Å²) in [5.41, 5.74) is 0.745. The minimum absolute atomic E-state index is 0.0356. The molecule has 0 fully saturated rings. The minimum Gasteiger partial charge on any atom is -0.455 e. The van der Waals surface area contributed by atoms with Crippen molar-refractivity contribution in [1.82, 2.24) is 10.3 Å². The summed E-state index contributed by atoms with van der Waals surface area (Å²) >= 11 is 21.4. The molecule has 7 nitrogen and oxygen atoms in total. The number of pyridine rings is 1. The number of aromatic nitrogens is 1. The zero-order chi connectivity index (χ0) is 24.3. The quantitative estimate of drug-likeness (QED) is 0.328. The molecule has 2 aromatic carbocycles. The van der Waals surface area contributed by atoms with E-state index in [0.29, 0.717) is 32.4 Å². The van der Waals surface area contributed by atoms with E-state index in [1.165, 1.54) is 42.7 Å². The molecule has 1 aromatic heterocycles. The maximum absolute atomic E-state index is 13.0. The van der Waals surface area contributed by atoms with Gasteiger partial charge in [0.25, 0.3) is 15.9 Å². The molecule has 0 aliphatic carbocycles. The summed E-state index contributed by atoms with van der Waals surface area (Å²) in [4.78, 5) is 16.5. The molecule has 0 radical (unpaired) electrons. The van der Waals surface area contributed by atoms with E-state index in [4.69, 9.17) is 39.5 Å². The molecule has 2 N–H and O–H groups in total. The number of carbonyl (C=O) groups excluding carboxylic acids is 1. The first-order valence-electron chi connectivity index (χ1n) is 9.40. The van der Waals surface area contributed by atoms with Gasteiger partial charge in [-0.1, -0.05) is 34.8 Å². The lowest BCUT2D eigenvalue weighted by Crippen LogP contribution is -2.23. The number of amides is 1. The number of carbonyl (C=O) groups is 1. The summed E-state index contributed by atoms with van der Waals surface area (Å²) in [7, 11) is -4.11. The number of benzene rings is 2. The van der Waals surface area contributed by atoms with Crippen LogP contribution >= 0.6 is 50.7 Å². The Labute approximate surface area is 214 Å². The second kappa shape index (κ2) is 10.5.